The molecule has 0 unspecified atom stereocenters. The van der Waals surface area contributed by atoms with Gasteiger partial charge in [-0.3, -0.25) is 0 Å². The third kappa shape index (κ3) is 4.38. The van der Waals surface area contributed by atoms with Crippen molar-refractivity contribution in [3.63, 3.8) is 0 Å². The molecule has 1 saturated carbocycles. The van der Waals surface area contributed by atoms with E-state index in [0.29, 0.717) is 25.0 Å². The average Bonchev–Trinajstić information content (AvgIpc) is 3.29. The molecule has 6 nitrogen and oxygen atoms in total. The van der Waals surface area contributed by atoms with E-state index in [0.717, 1.165) is 32.2 Å². The lowest BCUT2D eigenvalue weighted by Gasteiger charge is -2.21. The Bertz CT molecular complexity index is 541. The Kier molecular flexibility index (Phi) is 5.52. The first-order valence-electron chi connectivity index (χ1n) is 7.64. The Balaban J connectivity index is 2.12. The van der Waals surface area contributed by atoms with Gasteiger partial charge in [-0.1, -0.05) is 13.8 Å². The van der Waals surface area contributed by atoms with Crippen molar-refractivity contribution in [2.45, 2.75) is 44.4 Å². The van der Waals surface area contributed by atoms with Crippen molar-refractivity contribution in [2.75, 3.05) is 25.0 Å². The van der Waals surface area contributed by atoms with E-state index in [-0.39, 0.29) is 4.90 Å². The molecule has 1 aromatic heterocycles. The van der Waals surface area contributed by atoms with Crippen molar-refractivity contribution in [3.8, 4) is 0 Å². The van der Waals surface area contributed by atoms with Gasteiger partial charge in [0.05, 0.1) is 12.4 Å². The highest BCUT2D eigenvalue weighted by Crippen LogP contribution is 2.31. The second kappa shape index (κ2) is 7.17. The smallest absolute Gasteiger partial charge is 0.246 e. The van der Waals surface area contributed by atoms with Crippen LogP contribution in [0.1, 0.15) is 39.5 Å². The van der Waals surface area contributed by atoms with Crippen LogP contribution in [0.3, 0.4) is 0 Å². The molecular weight excluding hydrogens is 288 g/mol. The molecule has 0 spiro atoms. The number of nitrogens with zero attached hydrogens (tertiary/aromatic N) is 3. The van der Waals surface area contributed by atoms with Gasteiger partial charge in [-0.15, -0.1) is 0 Å². The van der Waals surface area contributed by atoms with E-state index in [1.54, 1.807) is 4.31 Å². The fourth-order valence-electron chi connectivity index (χ4n) is 2.07. The molecule has 0 radical (unpaired) electrons. The average molecular weight is 312 g/mol. The Morgan fingerprint density at radius 3 is 2.43 bits per heavy atom. The molecule has 118 valence electrons. The molecule has 1 heterocycles. The van der Waals surface area contributed by atoms with Crippen molar-refractivity contribution in [2.24, 2.45) is 5.92 Å². The van der Waals surface area contributed by atoms with Crippen LogP contribution in [0.15, 0.2) is 17.3 Å². The summed E-state index contributed by atoms with van der Waals surface area (Å²) in [6, 6.07) is 0. The zero-order valence-corrected chi connectivity index (χ0v) is 13.6. The Hall–Kier alpha value is -1.21. The molecular formula is C14H24N4O2S. The normalized spacial score (nSPS) is 15.4. The molecule has 0 amide bonds. The summed E-state index contributed by atoms with van der Waals surface area (Å²) < 4.78 is 26.8. The van der Waals surface area contributed by atoms with Gasteiger partial charge in [0, 0.05) is 19.6 Å². The molecule has 0 atom stereocenters. The maximum absolute atomic E-state index is 12.6. The first-order valence-corrected chi connectivity index (χ1v) is 9.08. The summed E-state index contributed by atoms with van der Waals surface area (Å²) in [5.41, 5.74) is 0. The van der Waals surface area contributed by atoms with Crippen LogP contribution in [0, 0.1) is 5.92 Å². The predicted octanol–water partition coefficient (Wildman–Crippen LogP) is 2.11. The summed E-state index contributed by atoms with van der Waals surface area (Å²) >= 11 is 0. The summed E-state index contributed by atoms with van der Waals surface area (Å²) in [6.07, 6.45) is 6.84. The molecule has 0 bridgehead atoms. The van der Waals surface area contributed by atoms with Gasteiger partial charge in [0.2, 0.25) is 16.0 Å². The van der Waals surface area contributed by atoms with Crippen LogP contribution in [-0.4, -0.2) is 42.3 Å². The van der Waals surface area contributed by atoms with E-state index in [4.69, 9.17) is 0 Å². The maximum atomic E-state index is 12.6. The summed E-state index contributed by atoms with van der Waals surface area (Å²) in [5, 5.41) is 3.04. The number of rotatable bonds is 9. The van der Waals surface area contributed by atoms with Crippen molar-refractivity contribution >= 4 is 16.0 Å². The van der Waals surface area contributed by atoms with Gasteiger partial charge in [0.15, 0.2) is 0 Å². The van der Waals surface area contributed by atoms with Gasteiger partial charge >= 0.3 is 0 Å². The molecule has 2 rings (SSSR count). The van der Waals surface area contributed by atoms with Gasteiger partial charge < -0.3 is 5.32 Å². The van der Waals surface area contributed by atoms with Crippen LogP contribution < -0.4 is 5.32 Å². The summed E-state index contributed by atoms with van der Waals surface area (Å²) in [7, 11) is -3.47. The first-order chi connectivity index (χ1) is 10.1. The third-order valence-electron chi connectivity index (χ3n) is 3.43. The SMILES string of the molecule is CCCNc1ncc(S(=O)(=O)N(CCC)CC2CC2)cn1. The molecule has 0 aromatic carbocycles. The van der Waals surface area contributed by atoms with Gasteiger partial charge in [-0.25, -0.2) is 18.4 Å². The second-order valence-corrected chi connectivity index (χ2v) is 7.41. The van der Waals surface area contributed by atoms with Crippen LogP contribution in [0.5, 0.6) is 0 Å². The molecule has 0 aliphatic heterocycles. The van der Waals surface area contributed by atoms with E-state index in [2.05, 4.69) is 15.3 Å². The van der Waals surface area contributed by atoms with Crippen molar-refractivity contribution < 1.29 is 8.42 Å². The standard InChI is InChI=1S/C14H24N4O2S/c1-3-7-15-14-16-9-13(10-17-14)21(19,20)18(8-4-2)11-12-5-6-12/h9-10,12H,3-8,11H2,1-2H3,(H,15,16,17). The lowest BCUT2D eigenvalue weighted by Crippen LogP contribution is -2.33. The lowest BCUT2D eigenvalue weighted by atomic mass is 10.4. The number of anilines is 1. The number of hydrogen-bond acceptors (Lipinski definition) is 5. The van der Waals surface area contributed by atoms with E-state index in [1.807, 2.05) is 13.8 Å². The fourth-order valence-corrected chi connectivity index (χ4v) is 3.57. The number of sulfonamides is 1. The quantitative estimate of drug-likeness (QED) is 0.756. The Labute approximate surface area is 127 Å². The zero-order valence-electron chi connectivity index (χ0n) is 12.7. The van der Waals surface area contributed by atoms with Crippen LogP contribution in [0.2, 0.25) is 0 Å². The molecule has 1 aliphatic carbocycles. The Morgan fingerprint density at radius 1 is 1.24 bits per heavy atom. The minimum absolute atomic E-state index is 0.179. The molecule has 0 saturated heterocycles. The topological polar surface area (TPSA) is 75.2 Å². The minimum atomic E-state index is -3.47. The second-order valence-electron chi connectivity index (χ2n) is 5.48. The largest absolute Gasteiger partial charge is 0.354 e. The van der Waals surface area contributed by atoms with E-state index in [9.17, 15) is 8.42 Å². The minimum Gasteiger partial charge on any atom is -0.354 e. The third-order valence-corrected chi connectivity index (χ3v) is 5.25. The molecule has 1 fully saturated rings. The first kappa shape index (κ1) is 16.2. The highest BCUT2D eigenvalue weighted by molar-refractivity contribution is 7.89. The number of nitrogens with one attached hydrogen (secondary N) is 1. The monoisotopic (exact) mass is 312 g/mol. The maximum Gasteiger partial charge on any atom is 0.246 e. The molecule has 1 N–H and O–H groups in total. The zero-order chi connectivity index (χ0) is 15.3. The van der Waals surface area contributed by atoms with Crippen LogP contribution >= 0.6 is 0 Å². The van der Waals surface area contributed by atoms with Crippen molar-refractivity contribution in [1.82, 2.24) is 14.3 Å². The molecule has 1 aromatic rings. The molecule has 1 aliphatic rings. The van der Waals surface area contributed by atoms with Crippen LogP contribution in [0.4, 0.5) is 5.95 Å². The Morgan fingerprint density at radius 2 is 1.90 bits per heavy atom. The number of hydrogen-bond donors (Lipinski definition) is 1. The summed E-state index contributed by atoms with van der Waals surface area (Å²) in [4.78, 5) is 8.36. The highest BCUT2D eigenvalue weighted by Gasteiger charge is 2.31. The summed E-state index contributed by atoms with van der Waals surface area (Å²) in [5.74, 6) is 0.998. The fraction of sp³-hybridized carbons (Fsp3) is 0.714. The van der Waals surface area contributed by atoms with Crippen LogP contribution in [-0.2, 0) is 10.0 Å². The molecule has 21 heavy (non-hydrogen) atoms. The van der Waals surface area contributed by atoms with Gasteiger partial charge in [-0.05, 0) is 31.6 Å². The molecule has 7 heteroatoms. The van der Waals surface area contributed by atoms with Crippen molar-refractivity contribution in [1.29, 1.82) is 0 Å². The van der Waals surface area contributed by atoms with E-state index < -0.39 is 10.0 Å². The van der Waals surface area contributed by atoms with E-state index in [1.165, 1.54) is 12.4 Å². The summed E-state index contributed by atoms with van der Waals surface area (Å²) in [6.45, 7) is 5.98. The number of aromatic nitrogens is 2. The van der Waals surface area contributed by atoms with E-state index >= 15 is 0 Å². The lowest BCUT2D eigenvalue weighted by molar-refractivity contribution is 0.395. The van der Waals surface area contributed by atoms with Crippen LogP contribution in [0.25, 0.3) is 0 Å². The highest BCUT2D eigenvalue weighted by atomic mass is 32.2. The predicted molar refractivity (Wildman–Crippen MR) is 82.6 cm³/mol. The van der Waals surface area contributed by atoms with Gasteiger partial charge in [-0.2, -0.15) is 4.31 Å². The van der Waals surface area contributed by atoms with Gasteiger partial charge in [0.25, 0.3) is 0 Å². The van der Waals surface area contributed by atoms with Gasteiger partial charge in [0.1, 0.15) is 4.90 Å². The van der Waals surface area contributed by atoms with Crippen molar-refractivity contribution in [3.05, 3.63) is 12.4 Å².